The molecule has 0 atom stereocenters. The topological polar surface area (TPSA) is 108 Å². The van der Waals surface area contributed by atoms with E-state index in [9.17, 15) is 9.59 Å². The van der Waals surface area contributed by atoms with E-state index in [1.807, 2.05) is 0 Å². The third-order valence-corrected chi connectivity index (χ3v) is 3.14. The molecule has 0 saturated heterocycles. The Morgan fingerprint density at radius 1 is 1.50 bits per heavy atom. The summed E-state index contributed by atoms with van der Waals surface area (Å²) in [6.45, 7) is 0. The summed E-state index contributed by atoms with van der Waals surface area (Å²) in [6, 6.07) is 5.22. The predicted octanol–water partition coefficient (Wildman–Crippen LogP) is 1.93. The molecule has 0 saturated carbocycles. The number of fused-ring (bicyclic) bond motifs is 1. The first-order chi connectivity index (χ1) is 9.51. The molecule has 2 rings (SSSR count). The molecular formula is C13H11BrN4O2. The summed E-state index contributed by atoms with van der Waals surface area (Å²) >= 11 is 3.31. The third-order valence-electron chi connectivity index (χ3n) is 2.64. The maximum atomic E-state index is 11.9. The molecule has 7 heteroatoms. The number of carbonyl (C=O) groups excluding carboxylic acids is 2. The van der Waals surface area contributed by atoms with Gasteiger partial charge in [0.2, 0.25) is 5.91 Å². The van der Waals surface area contributed by atoms with E-state index in [1.54, 1.807) is 18.2 Å². The summed E-state index contributed by atoms with van der Waals surface area (Å²) in [5.74, 6) is -1.02. The van der Waals surface area contributed by atoms with Crippen molar-refractivity contribution in [1.29, 1.82) is 5.41 Å². The lowest BCUT2D eigenvalue weighted by Crippen LogP contribution is -2.24. The lowest BCUT2D eigenvalue weighted by molar-refractivity contribution is -0.115. The second kappa shape index (κ2) is 5.79. The van der Waals surface area contributed by atoms with Crippen LogP contribution >= 0.6 is 15.9 Å². The van der Waals surface area contributed by atoms with E-state index in [0.29, 0.717) is 11.4 Å². The Bertz CT molecular complexity index is 664. The Labute approximate surface area is 123 Å². The Balaban J connectivity index is 2.56. The van der Waals surface area contributed by atoms with Gasteiger partial charge in [-0.3, -0.25) is 9.59 Å². The van der Waals surface area contributed by atoms with Crippen LogP contribution in [0.3, 0.4) is 0 Å². The number of amides is 2. The van der Waals surface area contributed by atoms with Crippen molar-refractivity contribution in [1.82, 2.24) is 0 Å². The van der Waals surface area contributed by atoms with Crippen molar-refractivity contribution in [3.63, 3.8) is 0 Å². The van der Waals surface area contributed by atoms with Gasteiger partial charge in [0.1, 0.15) is 0 Å². The SMILES string of the molecule is N=C/C=C(\C(N)=O)C1=Nc2ccc(Br)cc2NC(=O)C1. The molecule has 0 radical (unpaired) electrons. The van der Waals surface area contributed by atoms with Crippen LogP contribution in [0.2, 0.25) is 0 Å². The largest absolute Gasteiger partial charge is 0.366 e. The smallest absolute Gasteiger partial charge is 0.250 e. The normalized spacial score (nSPS) is 14.8. The molecule has 0 spiro atoms. The average molecular weight is 335 g/mol. The number of hydrogen-bond acceptors (Lipinski definition) is 4. The number of carbonyl (C=O) groups is 2. The fraction of sp³-hybridized carbons (Fsp3) is 0.0769. The molecule has 102 valence electrons. The van der Waals surface area contributed by atoms with Gasteiger partial charge < -0.3 is 16.5 Å². The highest BCUT2D eigenvalue weighted by Crippen LogP contribution is 2.31. The van der Waals surface area contributed by atoms with Crippen molar-refractivity contribution >= 4 is 51.0 Å². The Hall–Kier alpha value is -2.28. The quantitative estimate of drug-likeness (QED) is 0.579. The van der Waals surface area contributed by atoms with Crippen LogP contribution in [0.15, 0.2) is 39.3 Å². The van der Waals surface area contributed by atoms with Crippen LogP contribution in [0.4, 0.5) is 11.4 Å². The highest BCUT2D eigenvalue weighted by atomic mass is 79.9. The molecule has 0 aromatic heterocycles. The number of benzene rings is 1. The molecule has 0 unspecified atom stereocenters. The Kier molecular flexibility index (Phi) is 4.09. The van der Waals surface area contributed by atoms with E-state index in [2.05, 4.69) is 26.2 Å². The summed E-state index contributed by atoms with van der Waals surface area (Å²) < 4.78 is 0.806. The number of nitrogens with two attached hydrogens (primary N) is 1. The third kappa shape index (κ3) is 3.00. The summed E-state index contributed by atoms with van der Waals surface area (Å²) in [6.07, 6.45) is 2.10. The van der Waals surface area contributed by atoms with Crippen LogP contribution in [0.1, 0.15) is 6.42 Å². The van der Waals surface area contributed by atoms with Crippen molar-refractivity contribution in [2.75, 3.05) is 5.32 Å². The van der Waals surface area contributed by atoms with Gasteiger partial charge in [-0.25, -0.2) is 4.99 Å². The van der Waals surface area contributed by atoms with Gasteiger partial charge in [0, 0.05) is 10.7 Å². The Morgan fingerprint density at radius 2 is 2.25 bits per heavy atom. The maximum Gasteiger partial charge on any atom is 0.250 e. The number of nitrogens with one attached hydrogen (secondary N) is 2. The summed E-state index contributed by atoms with van der Waals surface area (Å²) in [7, 11) is 0. The second-order valence-electron chi connectivity index (χ2n) is 4.06. The number of nitrogens with zero attached hydrogens (tertiary/aromatic N) is 1. The highest BCUT2D eigenvalue weighted by Gasteiger charge is 2.21. The van der Waals surface area contributed by atoms with E-state index in [1.165, 1.54) is 6.08 Å². The van der Waals surface area contributed by atoms with Crippen LogP contribution in [0.5, 0.6) is 0 Å². The van der Waals surface area contributed by atoms with Gasteiger partial charge in [0.25, 0.3) is 5.91 Å². The average Bonchev–Trinajstić information content (AvgIpc) is 2.53. The molecule has 1 heterocycles. The zero-order valence-electron chi connectivity index (χ0n) is 10.3. The van der Waals surface area contributed by atoms with Gasteiger partial charge in [-0.1, -0.05) is 15.9 Å². The molecule has 6 nitrogen and oxygen atoms in total. The van der Waals surface area contributed by atoms with Crippen molar-refractivity contribution < 1.29 is 9.59 Å². The van der Waals surface area contributed by atoms with Crippen molar-refractivity contribution in [2.45, 2.75) is 6.42 Å². The number of aliphatic imine (C=N–C) groups is 1. The minimum atomic E-state index is -0.722. The number of halogens is 1. The van der Waals surface area contributed by atoms with Gasteiger partial charge in [-0.2, -0.15) is 0 Å². The lowest BCUT2D eigenvalue weighted by Gasteiger charge is -2.04. The van der Waals surface area contributed by atoms with Gasteiger partial charge in [-0.05, 0) is 24.3 Å². The molecule has 1 aliphatic rings. The molecule has 0 fully saturated rings. The zero-order chi connectivity index (χ0) is 14.7. The fourth-order valence-electron chi connectivity index (χ4n) is 1.80. The summed E-state index contributed by atoms with van der Waals surface area (Å²) in [5.41, 5.74) is 6.66. The standard InChI is InChI=1S/C13H11BrN4O2/c14-7-1-2-9-11(5-7)18-12(19)6-10(17-9)8(3-4-15)13(16)20/h1-5,15H,6H2,(H2,16,20)(H,18,19)/b8-3-,15-4?. The summed E-state index contributed by atoms with van der Waals surface area (Å²) in [4.78, 5) is 27.6. The fourth-order valence-corrected chi connectivity index (χ4v) is 2.16. The number of rotatable bonds is 3. The molecule has 20 heavy (non-hydrogen) atoms. The molecule has 4 N–H and O–H groups in total. The molecule has 2 amide bonds. The molecule has 1 aromatic rings. The van der Waals surface area contributed by atoms with Crippen LogP contribution in [0, 0.1) is 5.41 Å². The molecule has 1 aromatic carbocycles. The van der Waals surface area contributed by atoms with Gasteiger partial charge in [0.15, 0.2) is 0 Å². The van der Waals surface area contributed by atoms with Crippen LogP contribution in [0.25, 0.3) is 0 Å². The van der Waals surface area contributed by atoms with Crippen LogP contribution in [-0.2, 0) is 9.59 Å². The predicted molar refractivity (Wildman–Crippen MR) is 80.5 cm³/mol. The lowest BCUT2D eigenvalue weighted by atomic mass is 10.1. The first-order valence-corrected chi connectivity index (χ1v) is 6.48. The Morgan fingerprint density at radius 3 is 2.90 bits per heavy atom. The van der Waals surface area contributed by atoms with Crippen LogP contribution in [-0.4, -0.2) is 23.7 Å². The van der Waals surface area contributed by atoms with Gasteiger partial charge in [-0.15, -0.1) is 0 Å². The molecule has 1 aliphatic heterocycles. The molecule has 0 bridgehead atoms. The first kappa shape index (κ1) is 14.1. The molecule has 0 aliphatic carbocycles. The van der Waals surface area contributed by atoms with Gasteiger partial charge in [0.05, 0.1) is 29.1 Å². The number of primary amides is 1. The second-order valence-corrected chi connectivity index (χ2v) is 4.97. The van der Waals surface area contributed by atoms with Crippen LogP contribution < -0.4 is 11.1 Å². The van der Waals surface area contributed by atoms with Crippen molar-refractivity contribution in [3.05, 3.63) is 34.3 Å². The number of allylic oxidation sites excluding steroid dienone is 1. The van der Waals surface area contributed by atoms with E-state index in [4.69, 9.17) is 11.1 Å². The highest BCUT2D eigenvalue weighted by molar-refractivity contribution is 9.10. The number of anilines is 1. The van der Waals surface area contributed by atoms with Gasteiger partial charge >= 0.3 is 0 Å². The van der Waals surface area contributed by atoms with E-state index in [-0.39, 0.29) is 23.6 Å². The zero-order valence-corrected chi connectivity index (χ0v) is 11.9. The van der Waals surface area contributed by atoms with Crippen molar-refractivity contribution in [3.8, 4) is 0 Å². The maximum absolute atomic E-state index is 11.9. The van der Waals surface area contributed by atoms with Crippen molar-refractivity contribution in [2.24, 2.45) is 10.7 Å². The molecular weight excluding hydrogens is 324 g/mol. The minimum absolute atomic E-state index is 0.0610. The first-order valence-electron chi connectivity index (χ1n) is 5.69. The monoisotopic (exact) mass is 334 g/mol. The van der Waals surface area contributed by atoms with E-state index in [0.717, 1.165) is 10.7 Å². The minimum Gasteiger partial charge on any atom is -0.366 e. The van der Waals surface area contributed by atoms with E-state index >= 15 is 0 Å². The van der Waals surface area contributed by atoms with E-state index < -0.39 is 5.91 Å². The number of hydrogen-bond donors (Lipinski definition) is 3. The summed E-state index contributed by atoms with van der Waals surface area (Å²) in [5, 5.41) is 9.76.